The van der Waals surface area contributed by atoms with Gasteiger partial charge in [0.15, 0.2) is 0 Å². The van der Waals surface area contributed by atoms with Gasteiger partial charge in [0.1, 0.15) is 0 Å². The number of aliphatic carboxylic acids is 1. The zero-order chi connectivity index (χ0) is 20.8. The summed E-state index contributed by atoms with van der Waals surface area (Å²) in [6.45, 7) is 7.12. The summed E-state index contributed by atoms with van der Waals surface area (Å²) in [5.41, 5.74) is 0. The third-order valence-electron chi connectivity index (χ3n) is 6.20. The Morgan fingerprint density at radius 1 is 1.10 bits per heavy atom. The minimum atomic E-state index is -0.759. The molecule has 2 saturated heterocycles. The maximum absolute atomic E-state index is 12.8. The van der Waals surface area contributed by atoms with Gasteiger partial charge in [0, 0.05) is 46.1 Å². The fourth-order valence-electron chi connectivity index (χ4n) is 4.50. The Balaban J connectivity index is 1.59. The van der Waals surface area contributed by atoms with Crippen molar-refractivity contribution < 1.29 is 19.5 Å². The second kappa shape index (κ2) is 10.2. The molecule has 0 spiro atoms. The van der Waals surface area contributed by atoms with Gasteiger partial charge < -0.3 is 19.8 Å². The molecule has 160 valence electrons. The van der Waals surface area contributed by atoms with E-state index < -0.39 is 5.97 Å². The normalized spacial score (nSPS) is 23.6. The summed E-state index contributed by atoms with van der Waals surface area (Å²) in [6, 6.07) is 3.74. The fourth-order valence-corrected chi connectivity index (χ4v) is 5.19. The number of carbonyl (C=O) groups excluding carboxylic acids is 2. The van der Waals surface area contributed by atoms with E-state index in [1.165, 1.54) is 11.3 Å². The number of nitrogens with zero attached hydrogens (tertiary/aromatic N) is 3. The number of hydrogen-bond donors (Lipinski definition) is 1. The SMILES string of the molecule is CC(=O)N1CCCN(CCC2CN(C(=O)c3cccs3)CCC2CC(=O)O)CC1. The Labute approximate surface area is 176 Å². The fraction of sp³-hybridized carbons (Fsp3) is 0.667. The molecule has 0 saturated carbocycles. The summed E-state index contributed by atoms with van der Waals surface area (Å²) in [7, 11) is 0. The summed E-state index contributed by atoms with van der Waals surface area (Å²) in [5, 5.41) is 11.2. The summed E-state index contributed by atoms with van der Waals surface area (Å²) >= 11 is 1.45. The van der Waals surface area contributed by atoms with E-state index in [-0.39, 0.29) is 30.1 Å². The molecule has 0 aliphatic carbocycles. The van der Waals surface area contributed by atoms with E-state index in [1.807, 2.05) is 27.3 Å². The van der Waals surface area contributed by atoms with Crippen LogP contribution in [0.15, 0.2) is 17.5 Å². The van der Waals surface area contributed by atoms with E-state index >= 15 is 0 Å². The zero-order valence-electron chi connectivity index (χ0n) is 17.1. The number of thiophene rings is 1. The molecule has 3 heterocycles. The van der Waals surface area contributed by atoms with E-state index in [9.17, 15) is 19.5 Å². The van der Waals surface area contributed by atoms with Crippen molar-refractivity contribution in [3.8, 4) is 0 Å². The van der Waals surface area contributed by atoms with Crippen molar-refractivity contribution in [2.45, 2.75) is 32.6 Å². The summed E-state index contributed by atoms with van der Waals surface area (Å²) < 4.78 is 0. The van der Waals surface area contributed by atoms with Crippen LogP contribution in [0, 0.1) is 11.8 Å². The van der Waals surface area contributed by atoms with Gasteiger partial charge in [-0.15, -0.1) is 11.3 Å². The van der Waals surface area contributed by atoms with Gasteiger partial charge in [0.25, 0.3) is 5.91 Å². The Kier molecular flexibility index (Phi) is 7.66. The number of carboxylic acids is 1. The molecule has 1 aromatic rings. The predicted molar refractivity (Wildman–Crippen MR) is 112 cm³/mol. The van der Waals surface area contributed by atoms with Crippen LogP contribution in [0.2, 0.25) is 0 Å². The van der Waals surface area contributed by atoms with Gasteiger partial charge >= 0.3 is 5.97 Å². The van der Waals surface area contributed by atoms with E-state index in [0.29, 0.717) is 13.1 Å². The zero-order valence-corrected chi connectivity index (χ0v) is 17.9. The number of rotatable bonds is 6. The molecule has 8 heteroatoms. The molecular formula is C21H31N3O4S. The number of likely N-dealkylation sites (tertiary alicyclic amines) is 1. The summed E-state index contributed by atoms with van der Waals surface area (Å²) in [5.74, 6) is -0.268. The van der Waals surface area contributed by atoms with Gasteiger partial charge in [0.2, 0.25) is 5.91 Å². The van der Waals surface area contributed by atoms with E-state index in [4.69, 9.17) is 0 Å². The van der Waals surface area contributed by atoms with E-state index in [1.54, 1.807) is 6.92 Å². The second-order valence-electron chi connectivity index (χ2n) is 8.13. The Morgan fingerprint density at radius 2 is 1.93 bits per heavy atom. The van der Waals surface area contributed by atoms with Crippen molar-refractivity contribution in [3.05, 3.63) is 22.4 Å². The quantitative estimate of drug-likeness (QED) is 0.762. The van der Waals surface area contributed by atoms with Crippen LogP contribution in [0.5, 0.6) is 0 Å². The van der Waals surface area contributed by atoms with E-state index in [0.717, 1.165) is 56.9 Å². The molecule has 2 fully saturated rings. The monoisotopic (exact) mass is 421 g/mol. The first-order chi connectivity index (χ1) is 13.9. The maximum Gasteiger partial charge on any atom is 0.303 e. The molecule has 2 aliphatic heterocycles. The third-order valence-corrected chi connectivity index (χ3v) is 7.06. The topological polar surface area (TPSA) is 81.2 Å². The minimum absolute atomic E-state index is 0.0608. The molecule has 0 radical (unpaired) electrons. The van der Waals surface area contributed by atoms with Crippen molar-refractivity contribution >= 4 is 29.1 Å². The summed E-state index contributed by atoms with van der Waals surface area (Å²) in [4.78, 5) is 42.6. The average Bonchev–Trinajstić information content (AvgIpc) is 3.11. The Hall–Kier alpha value is -1.93. The largest absolute Gasteiger partial charge is 0.481 e. The second-order valence-corrected chi connectivity index (χ2v) is 9.07. The maximum atomic E-state index is 12.8. The first-order valence-electron chi connectivity index (χ1n) is 10.5. The van der Waals surface area contributed by atoms with Crippen molar-refractivity contribution in [1.29, 1.82) is 0 Å². The van der Waals surface area contributed by atoms with Crippen LogP contribution in [-0.2, 0) is 9.59 Å². The molecule has 0 bridgehead atoms. The van der Waals surface area contributed by atoms with Crippen LogP contribution in [-0.4, -0.2) is 83.4 Å². The van der Waals surface area contributed by atoms with Crippen LogP contribution < -0.4 is 0 Å². The lowest BCUT2D eigenvalue weighted by Gasteiger charge is -2.39. The van der Waals surface area contributed by atoms with E-state index in [2.05, 4.69) is 4.90 Å². The summed E-state index contributed by atoms with van der Waals surface area (Å²) in [6.07, 6.45) is 2.76. The highest BCUT2D eigenvalue weighted by Gasteiger charge is 2.33. The molecule has 2 amide bonds. The van der Waals surface area contributed by atoms with Crippen LogP contribution in [0.25, 0.3) is 0 Å². The van der Waals surface area contributed by atoms with Gasteiger partial charge in [-0.05, 0) is 55.6 Å². The minimum Gasteiger partial charge on any atom is -0.481 e. The smallest absolute Gasteiger partial charge is 0.303 e. The highest BCUT2D eigenvalue weighted by molar-refractivity contribution is 7.12. The van der Waals surface area contributed by atoms with Crippen LogP contribution in [0.4, 0.5) is 0 Å². The van der Waals surface area contributed by atoms with Crippen molar-refractivity contribution in [1.82, 2.24) is 14.7 Å². The van der Waals surface area contributed by atoms with Gasteiger partial charge in [-0.2, -0.15) is 0 Å². The van der Waals surface area contributed by atoms with Crippen LogP contribution >= 0.6 is 11.3 Å². The van der Waals surface area contributed by atoms with Gasteiger partial charge in [-0.25, -0.2) is 0 Å². The Morgan fingerprint density at radius 3 is 2.62 bits per heavy atom. The lowest BCUT2D eigenvalue weighted by molar-refractivity contribution is -0.139. The number of carbonyl (C=O) groups is 3. The lowest BCUT2D eigenvalue weighted by atomic mass is 9.81. The molecule has 0 aromatic carbocycles. The molecule has 1 aromatic heterocycles. The number of amides is 2. The highest BCUT2D eigenvalue weighted by Crippen LogP contribution is 2.31. The van der Waals surface area contributed by atoms with Gasteiger partial charge in [-0.1, -0.05) is 6.07 Å². The van der Waals surface area contributed by atoms with Crippen LogP contribution in [0.1, 0.15) is 42.3 Å². The van der Waals surface area contributed by atoms with Gasteiger partial charge in [0.05, 0.1) is 4.88 Å². The standard InChI is InChI=1S/C21H31N3O4S/c1-16(25)23-8-3-7-22(11-12-23)9-5-18-15-24(10-6-17(18)14-20(26)27)21(28)19-4-2-13-29-19/h2,4,13,17-18H,3,5-12,14-15H2,1H3,(H,26,27). The first kappa shape index (κ1) is 21.8. The van der Waals surface area contributed by atoms with Crippen LogP contribution in [0.3, 0.4) is 0 Å². The molecule has 2 unspecified atom stereocenters. The first-order valence-corrected chi connectivity index (χ1v) is 11.3. The molecule has 1 N–H and O–H groups in total. The molecule has 7 nitrogen and oxygen atoms in total. The third kappa shape index (κ3) is 6.02. The molecule has 2 atom stereocenters. The number of piperidine rings is 1. The molecular weight excluding hydrogens is 390 g/mol. The molecule has 2 aliphatic rings. The average molecular weight is 422 g/mol. The number of hydrogen-bond acceptors (Lipinski definition) is 5. The lowest BCUT2D eigenvalue weighted by Crippen LogP contribution is -2.45. The van der Waals surface area contributed by atoms with Crippen molar-refractivity contribution in [3.63, 3.8) is 0 Å². The number of carboxylic acid groups (broad SMARTS) is 1. The molecule has 3 rings (SSSR count). The van der Waals surface area contributed by atoms with Crippen molar-refractivity contribution in [2.75, 3.05) is 45.8 Å². The van der Waals surface area contributed by atoms with Gasteiger partial charge in [-0.3, -0.25) is 14.4 Å². The van der Waals surface area contributed by atoms with Crippen molar-refractivity contribution in [2.24, 2.45) is 11.8 Å². The predicted octanol–water partition coefficient (Wildman–Crippen LogP) is 2.25. The Bertz CT molecular complexity index is 709. The highest BCUT2D eigenvalue weighted by atomic mass is 32.1. The molecule has 29 heavy (non-hydrogen) atoms.